The zero-order valence-electron chi connectivity index (χ0n) is 18.8. The summed E-state index contributed by atoms with van der Waals surface area (Å²) in [6.45, 7) is 5.86. The third-order valence-electron chi connectivity index (χ3n) is 6.58. The minimum absolute atomic E-state index is 0.0453. The number of carbonyl (C=O) groups is 1. The second kappa shape index (κ2) is 9.36. The topological polar surface area (TPSA) is 132 Å². The van der Waals surface area contributed by atoms with Crippen molar-refractivity contribution in [2.24, 2.45) is 11.8 Å². The minimum Gasteiger partial charge on any atom is -0.493 e. The molecule has 2 aliphatic rings. The number of aromatic nitrogens is 1. The van der Waals surface area contributed by atoms with Crippen LogP contribution in [0.3, 0.4) is 0 Å². The average molecular weight is 477 g/mol. The Morgan fingerprint density at radius 3 is 2.76 bits per heavy atom. The number of thiazole rings is 1. The third kappa shape index (κ3) is 4.73. The van der Waals surface area contributed by atoms with Crippen LogP contribution in [0.5, 0.6) is 5.75 Å². The molecule has 1 saturated heterocycles. The summed E-state index contributed by atoms with van der Waals surface area (Å²) >= 11 is 1.40. The molecule has 0 amide bonds. The molecule has 178 valence electrons. The highest BCUT2D eigenvalue weighted by molar-refractivity contribution is 7.12. The number of nitro groups is 1. The van der Waals surface area contributed by atoms with Gasteiger partial charge in [-0.3, -0.25) is 10.1 Å². The van der Waals surface area contributed by atoms with E-state index in [1.807, 2.05) is 13.8 Å². The van der Waals surface area contributed by atoms with Gasteiger partial charge in [-0.05, 0) is 43.7 Å². The number of hydrogen-bond acceptors (Lipinski definition) is 8. The average Bonchev–Trinajstić information content (AvgIpc) is 3.33. The molecule has 2 fully saturated rings. The number of fused-ring (bicyclic) bond motifs is 1. The number of rotatable bonds is 7. The molecule has 1 aromatic heterocycles. The predicted molar refractivity (Wildman–Crippen MR) is 121 cm³/mol. The van der Waals surface area contributed by atoms with Crippen LogP contribution in [0.1, 0.15) is 71.1 Å². The van der Waals surface area contributed by atoms with E-state index in [9.17, 15) is 25.1 Å². The Balaban J connectivity index is 1.42. The maximum atomic E-state index is 11.6. The molecule has 2 N–H and O–H groups in total. The summed E-state index contributed by atoms with van der Waals surface area (Å²) in [5.41, 5.74) is 0.673. The van der Waals surface area contributed by atoms with E-state index in [2.05, 4.69) is 4.98 Å². The maximum absolute atomic E-state index is 11.6. The highest BCUT2D eigenvalue weighted by atomic mass is 32.1. The molecule has 9 nitrogen and oxygen atoms in total. The van der Waals surface area contributed by atoms with Gasteiger partial charge in [-0.2, -0.15) is 0 Å². The number of carboxylic acid groups (broad SMARTS) is 1. The zero-order valence-corrected chi connectivity index (χ0v) is 19.6. The smallest absolute Gasteiger partial charge is 0.355 e. The van der Waals surface area contributed by atoms with Gasteiger partial charge in [0.05, 0.1) is 23.7 Å². The number of aryl methyl sites for hydroxylation is 1. The molecular formula is C23H28N2O7S. The van der Waals surface area contributed by atoms with E-state index in [0.717, 1.165) is 11.3 Å². The fourth-order valence-corrected chi connectivity index (χ4v) is 6.02. The lowest BCUT2D eigenvalue weighted by molar-refractivity contribution is -0.385. The van der Waals surface area contributed by atoms with Gasteiger partial charge in [0.15, 0.2) is 5.69 Å². The van der Waals surface area contributed by atoms with Crippen LogP contribution >= 0.6 is 11.3 Å². The summed E-state index contributed by atoms with van der Waals surface area (Å²) in [6, 6.07) is 4.64. The van der Waals surface area contributed by atoms with E-state index in [4.69, 9.17) is 9.47 Å². The Labute approximate surface area is 195 Å². The molecule has 0 radical (unpaired) electrons. The lowest BCUT2D eigenvalue weighted by atomic mass is 9.87. The highest BCUT2D eigenvalue weighted by Gasteiger charge is 2.47. The summed E-state index contributed by atoms with van der Waals surface area (Å²) in [4.78, 5) is 27.3. The van der Waals surface area contributed by atoms with E-state index in [0.29, 0.717) is 35.8 Å². The van der Waals surface area contributed by atoms with E-state index in [1.165, 1.54) is 17.4 Å². The van der Waals surface area contributed by atoms with Gasteiger partial charge in [-0.15, -0.1) is 11.3 Å². The van der Waals surface area contributed by atoms with Gasteiger partial charge in [0, 0.05) is 28.8 Å². The molecule has 2 heterocycles. The molecule has 10 heteroatoms. The van der Waals surface area contributed by atoms with Crippen LogP contribution in [-0.2, 0) is 4.74 Å². The number of nitro benzene ring substituents is 1. The molecule has 4 rings (SSSR count). The summed E-state index contributed by atoms with van der Waals surface area (Å²) < 4.78 is 12.2. The monoisotopic (exact) mass is 476 g/mol. The lowest BCUT2D eigenvalue weighted by Gasteiger charge is -2.33. The SMILES string of the molecule is Cc1cc(OC[C@@H]2[C@H]3CC[C@H](c4nc(C(=O)O)c(C(C)C)s4)O[C@H]3C[C@H]2O)ccc1[N+](=O)[O-]. The first-order chi connectivity index (χ1) is 15.7. The molecule has 0 bridgehead atoms. The molecule has 2 aromatic rings. The Morgan fingerprint density at radius 1 is 1.39 bits per heavy atom. The lowest BCUT2D eigenvalue weighted by Crippen LogP contribution is -2.33. The quantitative estimate of drug-likeness (QED) is 0.442. The van der Waals surface area contributed by atoms with E-state index in [-0.39, 0.29) is 41.3 Å². The van der Waals surface area contributed by atoms with Crippen LogP contribution < -0.4 is 4.74 Å². The van der Waals surface area contributed by atoms with Gasteiger partial charge in [-0.1, -0.05) is 13.8 Å². The maximum Gasteiger partial charge on any atom is 0.355 e. The van der Waals surface area contributed by atoms with Gasteiger partial charge >= 0.3 is 5.97 Å². The number of carboxylic acids is 1. The summed E-state index contributed by atoms with van der Waals surface area (Å²) in [7, 11) is 0. The van der Waals surface area contributed by atoms with E-state index < -0.39 is 17.0 Å². The highest BCUT2D eigenvalue weighted by Crippen LogP contribution is 2.47. The van der Waals surface area contributed by atoms with Crippen molar-refractivity contribution >= 4 is 23.0 Å². The van der Waals surface area contributed by atoms with Crippen molar-refractivity contribution in [3.05, 3.63) is 49.5 Å². The number of aliphatic hydroxyl groups excluding tert-OH is 1. The summed E-state index contributed by atoms with van der Waals surface area (Å²) in [5.74, 6) is -0.405. The first-order valence-corrected chi connectivity index (χ1v) is 11.9. The molecular weight excluding hydrogens is 448 g/mol. The zero-order chi connectivity index (χ0) is 23.9. The first kappa shape index (κ1) is 23.6. The standard InChI is InChI=1S/C23H28N2O7S/c1-11(2)21-20(23(27)28)24-22(33-21)18-7-5-14-15(17(26)9-19(14)32-18)10-31-13-4-6-16(25(29)30)12(3)8-13/h4,6,8,11,14-15,17-19,26H,5,7,9-10H2,1-3H3,(H,27,28)/t14-,15-,17-,18-,19+/m1/s1. The van der Waals surface area contributed by atoms with E-state index >= 15 is 0 Å². The third-order valence-corrected chi connectivity index (χ3v) is 8.02. The van der Waals surface area contributed by atoms with Gasteiger partial charge in [0.2, 0.25) is 0 Å². The molecule has 1 saturated carbocycles. The number of nitrogens with zero attached hydrogens (tertiary/aromatic N) is 2. The molecule has 1 aliphatic carbocycles. The summed E-state index contributed by atoms with van der Waals surface area (Å²) in [6.07, 6.45) is 1.01. The Bertz CT molecular complexity index is 1050. The Morgan fingerprint density at radius 2 is 2.15 bits per heavy atom. The van der Waals surface area contributed by atoms with Crippen LogP contribution in [0.2, 0.25) is 0 Å². The van der Waals surface area contributed by atoms with Crippen molar-refractivity contribution in [1.82, 2.24) is 4.98 Å². The van der Waals surface area contributed by atoms with Crippen LogP contribution in [0.25, 0.3) is 0 Å². The molecule has 0 spiro atoms. The van der Waals surface area contributed by atoms with Crippen molar-refractivity contribution in [3.63, 3.8) is 0 Å². The van der Waals surface area contributed by atoms with Crippen molar-refractivity contribution in [2.75, 3.05) is 6.61 Å². The minimum atomic E-state index is -1.02. The molecule has 33 heavy (non-hydrogen) atoms. The predicted octanol–water partition coefficient (Wildman–Crippen LogP) is 4.48. The molecule has 0 unspecified atom stereocenters. The van der Waals surface area contributed by atoms with Gasteiger partial charge in [-0.25, -0.2) is 9.78 Å². The number of hydrogen-bond donors (Lipinski definition) is 2. The number of ether oxygens (including phenoxy) is 2. The van der Waals surface area contributed by atoms with Gasteiger partial charge in [0.25, 0.3) is 5.69 Å². The largest absolute Gasteiger partial charge is 0.493 e. The normalized spacial score (nSPS) is 26.9. The second-order valence-corrected chi connectivity index (χ2v) is 10.2. The summed E-state index contributed by atoms with van der Waals surface area (Å²) in [5, 5.41) is 31.8. The molecule has 5 atom stereocenters. The molecule has 1 aromatic carbocycles. The Kier molecular flexibility index (Phi) is 6.69. The first-order valence-electron chi connectivity index (χ1n) is 11.1. The van der Waals surface area contributed by atoms with Crippen LogP contribution in [0, 0.1) is 28.9 Å². The number of aliphatic hydroxyl groups is 1. The van der Waals surface area contributed by atoms with Crippen molar-refractivity contribution < 1.29 is 29.4 Å². The van der Waals surface area contributed by atoms with Crippen LogP contribution in [0.15, 0.2) is 18.2 Å². The van der Waals surface area contributed by atoms with Crippen molar-refractivity contribution in [3.8, 4) is 5.75 Å². The second-order valence-electron chi connectivity index (χ2n) is 9.11. The van der Waals surface area contributed by atoms with Crippen LogP contribution in [0.4, 0.5) is 5.69 Å². The van der Waals surface area contributed by atoms with Crippen molar-refractivity contribution in [2.45, 2.75) is 64.3 Å². The van der Waals surface area contributed by atoms with E-state index in [1.54, 1.807) is 19.1 Å². The van der Waals surface area contributed by atoms with Crippen molar-refractivity contribution in [1.29, 1.82) is 0 Å². The van der Waals surface area contributed by atoms with Gasteiger partial charge < -0.3 is 19.7 Å². The fourth-order valence-electron chi connectivity index (χ4n) is 4.89. The molecule has 1 aliphatic heterocycles. The number of benzene rings is 1. The van der Waals surface area contributed by atoms with Crippen LogP contribution in [-0.4, -0.2) is 44.9 Å². The fraction of sp³-hybridized carbons (Fsp3) is 0.565. The van der Waals surface area contributed by atoms with Gasteiger partial charge in [0.1, 0.15) is 16.9 Å². The number of aromatic carboxylic acids is 1. The Hall–Kier alpha value is -2.56.